The topological polar surface area (TPSA) is 40.5 Å². The summed E-state index contributed by atoms with van der Waals surface area (Å²) in [5.74, 6) is -1.19. The molecule has 0 heterocycles. The van der Waals surface area contributed by atoms with Gasteiger partial charge in [0.2, 0.25) is 0 Å². The van der Waals surface area contributed by atoms with Crippen LogP contribution in [0.5, 0.6) is 0 Å². The summed E-state index contributed by atoms with van der Waals surface area (Å²) in [6, 6.07) is 4.55. The fraction of sp³-hybridized carbons (Fsp3) is 0.462. The lowest BCUT2D eigenvalue weighted by Crippen LogP contribution is -2.47. The number of nitrogens with zero attached hydrogens (tertiary/aromatic N) is 1. The van der Waals surface area contributed by atoms with Gasteiger partial charge in [0.25, 0.3) is 0 Å². The molecule has 0 fully saturated rings. The molecule has 0 bridgehead atoms. The minimum atomic E-state index is -0.973. The Labute approximate surface area is 101 Å². The van der Waals surface area contributed by atoms with Crippen LogP contribution < -0.4 is 0 Å². The third-order valence-electron chi connectivity index (χ3n) is 3.20. The largest absolute Gasteiger partial charge is 0.480 e. The van der Waals surface area contributed by atoms with Crippen molar-refractivity contribution >= 4 is 5.97 Å². The van der Waals surface area contributed by atoms with E-state index in [4.69, 9.17) is 5.11 Å². The number of carbonyl (C=O) groups is 1. The third kappa shape index (κ3) is 3.03. The van der Waals surface area contributed by atoms with Gasteiger partial charge in [-0.05, 0) is 51.1 Å². The fourth-order valence-electron chi connectivity index (χ4n) is 1.43. The normalized spacial score (nSPS) is 11.9. The van der Waals surface area contributed by atoms with Gasteiger partial charge in [0, 0.05) is 6.54 Å². The zero-order valence-corrected chi connectivity index (χ0v) is 10.6. The van der Waals surface area contributed by atoms with Crippen LogP contribution in [0.15, 0.2) is 18.2 Å². The van der Waals surface area contributed by atoms with Gasteiger partial charge in [-0.3, -0.25) is 9.69 Å². The Kier molecular flexibility index (Phi) is 3.88. The second-order valence-corrected chi connectivity index (χ2v) is 4.79. The van der Waals surface area contributed by atoms with Gasteiger partial charge in [-0.25, -0.2) is 4.39 Å². The van der Waals surface area contributed by atoms with Crippen molar-refractivity contribution in [2.24, 2.45) is 0 Å². The summed E-state index contributed by atoms with van der Waals surface area (Å²) in [5, 5.41) is 9.10. The van der Waals surface area contributed by atoms with E-state index in [-0.39, 0.29) is 5.82 Å². The molecule has 0 atom stereocenters. The summed E-state index contributed by atoms with van der Waals surface area (Å²) < 4.78 is 13.1. The quantitative estimate of drug-likeness (QED) is 0.877. The lowest BCUT2D eigenvalue weighted by atomic mass is 10.0. The van der Waals surface area contributed by atoms with Gasteiger partial charge in [0.1, 0.15) is 11.4 Å². The molecule has 3 nitrogen and oxygen atoms in total. The molecule has 0 aliphatic rings. The van der Waals surface area contributed by atoms with E-state index >= 15 is 0 Å². The molecule has 17 heavy (non-hydrogen) atoms. The Morgan fingerprint density at radius 1 is 1.47 bits per heavy atom. The number of carboxylic acid groups (broad SMARTS) is 1. The van der Waals surface area contributed by atoms with Gasteiger partial charge in [0.15, 0.2) is 0 Å². The van der Waals surface area contributed by atoms with Gasteiger partial charge < -0.3 is 5.11 Å². The number of carboxylic acids is 1. The first kappa shape index (κ1) is 13.6. The molecular weight excluding hydrogens is 221 g/mol. The SMILES string of the molecule is Cc1ccc(F)cc1CN(C)C(C)(C)C(=O)O. The molecule has 1 aromatic rings. The Morgan fingerprint density at radius 2 is 2.06 bits per heavy atom. The molecule has 0 aromatic heterocycles. The van der Waals surface area contributed by atoms with E-state index in [1.54, 1.807) is 31.9 Å². The Bertz CT molecular complexity index is 429. The molecule has 0 radical (unpaired) electrons. The van der Waals surface area contributed by atoms with Gasteiger partial charge in [0.05, 0.1) is 0 Å². The van der Waals surface area contributed by atoms with E-state index in [9.17, 15) is 9.18 Å². The van der Waals surface area contributed by atoms with Gasteiger partial charge in [-0.15, -0.1) is 0 Å². The van der Waals surface area contributed by atoms with Crippen molar-refractivity contribution in [1.82, 2.24) is 4.90 Å². The molecule has 1 rings (SSSR count). The summed E-state index contributed by atoms with van der Waals surface area (Å²) in [6.45, 7) is 5.55. The molecule has 0 unspecified atom stereocenters. The summed E-state index contributed by atoms with van der Waals surface area (Å²) in [4.78, 5) is 12.8. The molecule has 0 amide bonds. The van der Waals surface area contributed by atoms with Crippen LogP contribution in [-0.4, -0.2) is 28.6 Å². The second-order valence-electron chi connectivity index (χ2n) is 4.79. The Hall–Kier alpha value is -1.42. The molecule has 94 valence electrons. The molecule has 4 heteroatoms. The Morgan fingerprint density at radius 3 is 2.59 bits per heavy atom. The number of aryl methyl sites for hydroxylation is 1. The molecule has 0 saturated carbocycles. The van der Waals surface area contributed by atoms with Crippen molar-refractivity contribution in [2.45, 2.75) is 32.9 Å². The average Bonchev–Trinajstić information content (AvgIpc) is 2.23. The summed E-state index contributed by atoms with van der Waals surface area (Å²) in [5.41, 5.74) is 0.792. The molecule has 1 N–H and O–H groups in total. The smallest absolute Gasteiger partial charge is 0.323 e. The number of benzene rings is 1. The highest BCUT2D eigenvalue weighted by Crippen LogP contribution is 2.18. The maximum atomic E-state index is 13.1. The maximum absolute atomic E-state index is 13.1. The first-order chi connectivity index (χ1) is 7.75. The highest BCUT2D eigenvalue weighted by atomic mass is 19.1. The molecular formula is C13H18FNO2. The van der Waals surface area contributed by atoms with E-state index in [1.165, 1.54) is 12.1 Å². The van der Waals surface area contributed by atoms with Gasteiger partial charge in [-0.1, -0.05) is 6.07 Å². The monoisotopic (exact) mass is 239 g/mol. The number of likely N-dealkylation sites (N-methyl/N-ethyl adjacent to an activating group) is 1. The highest BCUT2D eigenvalue weighted by Gasteiger charge is 2.32. The van der Waals surface area contributed by atoms with Crippen molar-refractivity contribution in [3.63, 3.8) is 0 Å². The fourth-order valence-corrected chi connectivity index (χ4v) is 1.43. The van der Waals surface area contributed by atoms with Crippen molar-refractivity contribution in [3.05, 3.63) is 35.1 Å². The van der Waals surface area contributed by atoms with Gasteiger partial charge >= 0.3 is 5.97 Å². The highest BCUT2D eigenvalue weighted by molar-refractivity contribution is 5.77. The average molecular weight is 239 g/mol. The third-order valence-corrected chi connectivity index (χ3v) is 3.20. The Balaban J connectivity index is 2.91. The first-order valence-corrected chi connectivity index (χ1v) is 5.45. The maximum Gasteiger partial charge on any atom is 0.323 e. The minimum Gasteiger partial charge on any atom is -0.480 e. The lowest BCUT2D eigenvalue weighted by molar-refractivity contribution is -0.148. The van der Waals surface area contributed by atoms with Crippen LogP contribution in [-0.2, 0) is 11.3 Å². The zero-order valence-electron chi connectivity index (χ0n) is 10.6. The van der Waals surface area contributed by atoms with E-state index in [0.717, 1.165) is 11.1 Å². The van der Waals surface area contributed by atoms with Crippen LogP contribution in [0, 0.1) is 12.7 Å². The summed E-state index contributed by atoms with van der Waals surface area (Å²) >= 11 is 0. The van der Waals surface area contributed by atoms with Crippen LogP contribution in [0.3, 0.4) is 0 Å². The zero-order chi connectivity index (χ0) is 13.2. The van der Waals surface area contributed by atoms with Crippen LogP contribution in [0.4, 0.5) is 4.39 Å². The molecule has 0 aliphatic carbocycles. The predicted octanol–water partition coefficient (Wildman–Crippen LogP) is 2.43. The van der Waals surface area contributed by atoms with Crippen molar-refractivity contribution in [2.75, 3.05) is 7.05 Å². The van der Waals surface area contributed by atoms with Gasteiger partial charge in [-0.2, -0.15) is 0 Å². The van der Waals surface area contributed by atoms with E-state index in [0.29, 0.717) is 6.54 Å². The van der Waals surface area contributed by atoms with Crippen LogP contribution in [0.25, 0.3) is 0 Å². The van der Waals surface area contributed by atoms with Crippen molar-refractivity contribution in [3.8, 4) is 0 Å². The molecule has 0 spiro atoms. The van der Waals surface area contributed by atoms with E-state index in [2.05, 4.69) is 0 Å². The van der Waals surface area contributed by atoms with E-state index < -0.39 is 11.5 Å². The van der Waals surface area contributed by atoms with Crippen molar-refractivity contribution in [1.29, 1.82) is 0 Å². The van der Waals surface area contributed by atoms with Crippen LogP contribution in [0.1, 0.15) is 25.0 Å². The summed E-state index contributed by atoms with van der Waals surface area (Å²) in [6.07, 6.45) is 0. The van der Waals surface area contributed by atoms with Crippen LogP contribution >= 0.6 is 0 Å². The molecule has 1 aromatic carbocycles. The van der Waals surface area contributed by atoms with Crippen molar-refractivity contribution < 1.29 is 14.3 Å². The number of hydrogen-bond donors (Lipinski definition) is 1. The standard InChI is InChI=1S/C13H18FNO2/c1-9-5-6-11(14)7-10(9)8-15(4)13(2,3)12(16)17/h5-7H,8H2,1-4H3,(H,16,17). The number of rotatable bonds is 4. The lowest BCUT2D eigenvalue weighted by Gasteiger charge is -2.31. The first-order valence-electron chi connectivity index (χ1n) is 5.45. The van der Waals surface area contributed by atoms with E-state index in [1.807, 2.05) is 6.92 Å². The number of hydrogen-bond acceptors (Lipinski definition) is 2. The minimum absolute atomic E-state index is 0.299. The summed E-state index contributed by atoms with van der Waals surface area (Å²) in [7, 11) is 1.72. The van der Waals surface area contributed by atoms with Crippen LogP contribution in [0.2, 0.25) is 0 Å². The molecule has 0 saturated heterocycles. The predicted molar refractivity (Wildman–Crippen MR) is 64.3 cm³/mol. The number of halogens is 1. The number of aliphatic carboxylic acids is 1. The molecule has 0 aliphatic heterocycles. The second kappa shape index (κ2) is 4.84.